The molecule has 0 bridgehead atoms. The maximum Gasteiger partial charge on any atom is 0.335 e. The van der Waals surface area contributed by atoms with Gasteiger partial charge in [-0.25, -0.2) is 17.6 Å². The smallest absolute Gasteiger partial charge is 0.335 e. The van der Waals surface area contributed by atoms with Crippen LogP contribution in [-0.4, -0.2) is 30.7 Å². The number of carboxylic acids is 1. The molecule has 0 saturated heterocycles. The second-order valence-electron chi connectivity index (χ2n) is 3.54. The van der Waals surface area contributed by atoms with Crippen LogP contribution in [0.5, 0.6) is 0 Å². The summed E-state index contributed by atoms with van der Waals surface area (Å²) in [7, 11) is -4.34. The fraction of sp³-hybridized carbons (Fsp3) is 0.200. The van der Waals surface area contributed by atoms with Gasteiger partial charge in [-0.2, -0.15) is 0 Å². The summed E-state index contributed by atoms with van der Waals surface area (Å²) in [5.41, 5.74) is 4.45. The second kappa shape index (κ2) is 4.73. The molecule has 0 aliphatic heterocycles. The quantitative estimate of drug-likeness (QED) is 0.813. The monoisotopic (exact) mass is 275 g/mol. The minimum absolute atomic E-state index is 0.397. The summed E-state index contributed by atoms with van der Waals surface area (Å²) >= 11 is 0. The molecule has 0 spiro atoms. The summed E-state index contributed by atoms with van der Waals surface area (Å²) in [6.07, 6.45) is 0. The number of nitrogens with two attached hydrogens (primary N) is 1. The number of carbonyl (C=O) groups is 2. The molecule has 18 heavy (non-hydrogen) atoms. The van der Waals surface area contributed by atoms with E-state index in [1.165, 1.54) is 0 Å². The van der Waals surface area contributed by atoms with Gasteiger partial charge in [0.15, 0.2) is 9.84 Å². The molecule has 1 unspecified atom stereocenters. The van der Waals surface area contributed by atoms with E-state index in [-0.39, 0.29) is 0 Å². The van der Waals surface area contributed by atoms with Crippen LogP contribution in [0, 0.1) is 5.82 Å². The van der Waals surface area contributed by atoms with Crippen LogP contribution < -0.4 is 5.73 Å². The van der Waals surface area contributed by atoms with Crippen molar-refractivity contribution in [3.8, 4) is 0 Å². The van der Waals surface area contributed by atoms with Crippen molar-refractivity contribution in [3.05, 3.63) is 29.6 Å². The first-order valence-electron chi connectivity index (χ1n) is 4.74. The Morgan fingerprint density at radius 1 is 1.39 bits per heavy atom. The molecule has 0 heterocycles. The minimum atomic E-state index is -4.34. The number of carboxylic acid groups (broad SMARTS) is 1. The van der Waals surface area contributed by atoms with E-state index in [0.717, 1.165) is 13.0 Å². The van der Waals surface area contributed by atoms with E-state index in [0.29, 0.717) is 12.1 Å². The molecule has 8 heteroatoms. The van der Waals surface area contributed by atoms with Crippen molar-refractivity contribution >= 4 is 21.7 Å². The van der Waals surface area contributed by atoms with E-state index in [1.54, 1.807) is 0 Å². The summed E-state index contributed by atoms with van der Waals surface area (Å²) in [5, 5.41) is 7.06. The van der Waals surface area contributed by atoms with Gasteiger partial charge in [0.25, 0.3) is 0 Å². The normalized spacial score (nSPS) is 13.0. The molecule has 1 amide bonds. The van der Waals surface area contributed by atoms with Crippen LogP contribution in [0.2, 0.25) is 0 Å². The third-order valence-corrected chi connectivity index (χ3v) is 4.44. The number of halogens is 1. The van der Waals surface area contributed by atoms with Gasteiger partial charge < -0.3 is 10.8 Å². The first kappa shape index (κ1) is 14.1. The highest BCUT2D eigenvalue weighted by Crippen LogP contribution is 2.21. The van der Waals surface area contributed by atoms with Gasteiger partial charge in [0.2, 0.25) is 5.91 Å². The summed E-state index contributed by atoms with van der Waals surface area (Å²) in [6, 6.07) is 2.29. The van der Waals surface area contributed by atoms with Gasteiger partial charge in [0, 0.05) is 0 Å². The average molecular weight is 275 g/mol. The van der Waals surface area contributed by atoms with Crippen LogP contribution in [-0.2, 0) is 14.6 Å². The average Bonchev–Trinajstić information content (AvgIpc) is 2.27. The Bertz CT molecular complexity index is 611. The number of carbonyl (C=O) groups excluding carboxylic acids is 1. The van der Waals surface area contributed by atoms with Gasteiger partial charge in [-0.05, 0) is 25.1 Å². The van der Waals surface area contributed by atoms with Crippen LogP contribution in [0.15, 0.2) is 23.1 Å². The molecule has 1 rings (SSSR count). The lowest BCUT2D eigenvalue weighted by Crippen LogP contribution is -2.33. The van der Waals surface area contributed by atoms with Crippen LogP contribution in [0.1, 0.15) is 17.3 Å². The zero-order valence-corrected chi connectivity index (χ0v) is 10.1. The maximum atomic E-state index is 13.4. The standard InChI is InChI=1S/C10H10FNO5S/c1-5(9(12)13)18(16,17)8-4-6(10(14)15)2-3-7(8)11/h2-5H,1H3,(H2,12,13)(H,14,15). The molecule has 98 valence electrons. The number of primary amides is 1. The Balaban J connectivity index is 3.45. The lowest BCUT2D eigenvalue weighted by Gasteiger charge is -2.10. The summed E-state index contributed by atoms with van der Waals surface area (Å²) in [5.74, 6) is -3.68. The first-order valence-corrected chi connectivity index (χ1v) is 6.28. The Labute approximate surface area is 102 Å². The molecule has 0 saturated carbocycles. The zero-order chi connectivity index (χ0) is 14.1. The summed E-state index contributed by atoms with van der Waals surface area (Å²) in [4.78, 5) is 20.7. The highest BCUT2D eigenvalue weighted by atomic mass is 32.2. The van der Waals surface area contributed by atoms with Crippen molar-refractivity contribution in [2.24, 2.45) is 5.73 Å². The fourth-order valence-electron chi connectivity index (χ4n) is 1.20. The van der Waals surface area contributed by atoms with E-state index in [2.05, 4.69) is 0 Å². The number of benzene rings is 1. The highest BCUT2D eigenvalue weighted by Gasteiger charge is 2.31. The molecular weight excluding hydrogens is 265 g/mol. The number of hydrogen-bond donors (Lipinski definition) is 2. The minimum Gasteiger partial charge on any atom is -0.478 e. The molecule has 1 aromatic carbocycles. The van der Waals surface area contributed by atoms with Gasteiger partial charge in [-0.1, -0.05) is 0 Å². The van der Waals surface area contributed by atoms with Crippen molar-refractivity contribution in [2.45, 2.75) is 17.1 Å². The third-order valence-electron chi connectivity index (χ3n) is 2.35. The summed E-state index contributed by atoms with van der Waals surface area (Å²) in [6.45, 7) is 1.00. The van der Waals surface area contributed by atoms with E-state index in [9.17, 15) is 22.4 Å². The summed E-state index contributed by atoms with van der Waals surface area (Å²) < 4.78 is 37.1. The molecule has 6 nitrogen and oxygen atoms in total. The predicted octanol–water partition coefficient (Wildman–Crippen LogP) is 0.171. The molecule has 0 radical (unpaired) electrons. The van der Waals surface area contributed by atoms with Gasteiger partial charge in [-0.15, -0.1) is 0 Å². The topological polar surface area (TPSA) is 115 Å². The Kier molecular flexibility index (Phi) is 3.70. The fourth-order valence-corrected chi connectivity index (χ4v) is 2.52. The predicted molar refractivity (Wildman–Crippen MR) is 59.2 cm³/mol. The number of amides is 1. The van der Waals surface area contributed by atoms with Crippen molar-refractivity contribution in [1.82, 2.24) is 0 Å². The van der Waals surface area contributed by atoms with Crippen LogP contribution in [0.3, 0.4) is 0 Å². The molecule has 0 aliphatic carbocycles. The second-order valence-corrected chi connectivity index (χ2v) is 5.78. The molecular formula is C10H10FNO5S. The molecule has 1 atom stereocenters. The Morgan fingerprint density at radius 2 is 1.94 bits per heavy atom. The number of hydrogen-bond acceptors (Lipinski definition) is 4. The molecule has 0 fully saturated rings. The molecule has 3 N–H and O–H groups in total. The van der Waals surface area contributed by atoms with Gasteiger partial charge in [0.05, 0.1) is 5.56 Å². The SMILES string of the molecule is CC(C(N)=O)S(=O)(=O)c1cc(C(=O)O)ccc1F. The highest BCUT2D eigenvalue weighted by molar-refractivity contribution is 7.92. The van der Waals surface area contributed by atoms with Crippen molar-refractivity contribution in [3.63, 3.8) is 0 Å². The number of sulfone groups is 1. The third kappa shape index (κ3) is 2.48. The van der Waals surface area contributed by atoms with Crippen molar-refractivity contribution in [1.29, 1.82) is 0 Å². The van der Waals surface area contributed by atoms with Crippen molar-refractivity contribution < 1.29 is 27.5 Å². The van der Waals surface area contributed by atoms with Gasteiger partial charge >= 0.3 is 5.97 Å². The molecule has 0 aliphatic rings. The Hall–Kier alpha value is -1.96. The first-order chi connectivity index (χ1) is 8.17. The Morgan fingerprint density at radius 3 is 2.39 bits per heavy atom. The number of aromatic carboxylic acids is 1. The van der Waals surface area contributed by atoms with Crippen LogP contribution in [0.25, 0.3) is 0 Å². The molecule has 1 aromatic rings. The maximum absolute atomic E-state index is 13.4. The van der Waals surface area contributed by atoms with Crippen LogP contribution in [0.4, 0.5) is 4.39 Å². The van der Waals surface area contributed by atoms with Crippen LogP contribution >= 0.6 is 0 Å². The van der Waals surface area contributed by atoms with E-state index in [1.807, 2.05) is 0 Å². The van der Waals surface area contributed by atoms with E-state index in [4.69, 9.17) is 10.8 Å². The van der Waals surface area contributed by atoms with E-state index >= 15 is 0 Å². The van der Waals surface area contributed by atoms with Gasteiger partial charge in [0.1, 0.15) is 16.0 Å². The van der Waals surface area contributed by atoms with Crippen molar-refractivity contribution in [2.75, 3.05) is 0 Å². The van der Waals surface area contributed by atoms with E-state index < -0.39 is 43.2 Å². The zero-order valence-electron chi connectivity index (χ0n) is 9.25. The van der Waals surface area contributed by atoms with Gasteiger partial charge in [-0.3, -0.25) is 4.79 Å². The molecule has 0 aromatic heterocycles. The lowest BCUT2D eigenvalue weighted by atomic mass is 10.2. The lowest BCUT2D eigenvalue weighted by molar-refractivity contribution is -0.117. The number of rotatable bonds is 4. The largest absolute Gasteiger partial charge is 0.478 e.